The van der Waals surface area contributed by atoms with Crippen LogP contribution in [0.3, 0.4) is 0 Å². The molecule has 0 unspecified atom stereocenters. The molecule has 6 nitrogen and oxygen atoms in total. The van der Waals surface area contributed by atoms with Crippen molar-refractivity contribution >= 4 is 17.3 Å². The summed E-state index contributed by atoms with van der Waals surface area (Å²) in [4.78, 5) is 18.3. The van der Waals surface area contributed by atoms with E-state index in [1.165, 1.54) is 24.9 Å². The van der Waals surface area contributed by atoms with Gasteiger partial charge in [-0.1, -0.05) is 5.16 Å². The largest absolute Gasteiger partial charge is 0.372 e. The predicted octanol–water partition coefficient (Wildman–Crippen LogP) is 2.55. The highest BCUT2D eigenvalue weighted by Crippen LogP contribution is 2.21. The van der Waals surface area contributed by atoms with Crippen molar-refractivity contribution in [3.05, 3.63) is 36.0 Å². The molecule has 1 amide bonds. The van der Waals surface area contributed by atoms with E-state index in [1.807, 2.05) is 12.1 Å². The van der Waals surface area contributed by atoms with Crippen LogP contribution in [0, 0.1) is 6.92 Å². The Hall–Kier alpha value is -2.37. The van der Waals surface area contributed by atoms with Gasteiger partial charge in [-0.05, 0) is 50.5 Å². The van der Waals surface area contributed by atoms with E-state index in [0.29, 0.717) is 11.7 Å². The molecule has 1 aliphatic rings. The van der Waals surface area contributed by atoms with Gasteiger partial charge >= 0.3 is 0 Å². The second kappa shape index (κ2) is 6.60. The maximum Gasteiger partial charge on any atom is 0.236 e. The number of hydrogen-bond donors (Lipinski definition) is 1. The van der Waals surface area contributed by atoms with Crippen molar-refractivity contribution in [3.63, 3.8) is 0 Å². The first-order chi connectivity index (χ1) is 10.7. The molecule has 22 heavy (non-hydrogen) atoms. The molecule has 116 valence electrons. The normalized spacial score (nSPS) is 14.9. The first-order valence-corrected chi connectivity index (χ1v) is 7.65. The highest BCUT2D eigenvalue weighted by molar-refractivity contribution is 5.91. The molecule has 2 heterocycles. The van der Waals surface area contributed by atoms with Crippen molar-refractivity contribution in [2.24, 2.45) is 0 Å². The third-order valence-electron chi connectivity index (χ3n) is 3.75. The molecule has 0 radical (unpaired) electrons. The number of amides is 1. The lowest BCUT2D eigenvalue weighted by Crippen LogP contribution is -2.29. The van der Waals surface area contributed by atoms with Gasteiger partial charge in [0, 0.05) is 24.5 Å². The molecule has 6 heteroatoms. The van der Waals surface area contributed by atoms with Gasteiger partial charge in [0.15, 0.2) is 5.82 Å². The van der Waals surface area contributed by atoms with Crippen LogP contribution in [0.4, 0.5) is 11.4 Å². The third-order valence-corrected chi connectivity index (χ3v) is 3.75. The Morgan fingerprint density at radius 2 is 1.95 bits per heavy atom. The Kier molecular flexibility index (Phi) is 4.37. The minimum atomic E-state index is -0.158. The SMILES string of the molecule is Cc1noc(CC(=O)Nc2ccc(N3CCCCC3)cc2)n1. The molecule has 1 saturated heterocycles. The van der Waals surface area contributed by atoms with Gasteiger partial charge in [-0.2, -0.15) is 4.98 Å². The smallest absolute Gasteiger partial charge is 0.236 e. The molecule has 1 aromatic heterocycles. The molecular formula is C16H20N4O2. The summed E-state index contributed by atoms with van der Waals surface area (Å²) < 4.78 is 4.94. The second-order valence-electron chi connectivity index (χ2n) is 5.55. The van der Waals surface area contributed by atoms with Crippen LogP contribution in [0.25, 0.3) is 0 Å². The number of rotatable bonds is 4. The van der Waals surface area contributed by atoms with E-state index >= 15 is 0 Å². The summed E-state index contributed by atoms with van der Waals surface area (Å²) in [5.41, 5.74) is 1.99. The summed E-state index contributed by atoms with van der Waals surface area (Å²) in [5.74, 6) is 0.711. The third kappa shape index (κ3) is 3.63. The lowest BCUT2D eigenvalue weighted by atomic mass is 10.1. The monoisotopic (exact) mass is 300 g/mol. The van der Waals surface area contributed by atoms with Gasteiger partial charge in [0.2, 0.25) is 11.8 Å². The topological polar surface area (TPSA) is 71.3 Å². The Bertz CT molecular complexity index is 630. The van der Waals surface area contributed by atoms with Crippen LogP contribution >= 0.6 is 0 Å². The standard InChI is InChI=1S/C16H20N4O2/c1-12-17-16(22-19-12)11-15(21)18-13-5-7-14(8-6-13)20-9-3-2-4-10-20/h5-8H,2-4,9-11H2,1H3,(H,18,21). The van der Waals surface area contributed by atoms with Gasteiger partial charge in [-0.3, -0.25) is 4.79 Å². The predicted molar refractivity (Wildman–Crippen MR) is 83.9 cm³/mol. The first kappa shape index (κ1) is 14.6. The van der Waals surface area contributed by atoms with Crippen LogP contribution in [-0.2, 0) is 11.2 Å². The van der Waals surface area contributed by atoms with Crippen LogP contribution in [0.1, 0.15) is 31.0 Å². The fourth-order valence-electron chi connectivity index (χ4n) is 2.66. The fourth-order valence-corrected chi connectivity index (χ4v) is 2.66. The molecule has 1 N–H and O–H groups in total. The van der Waals surface area contributed by atoms with Crippen LogP contribution in [0.5, 0.6) is 0 Å². The van der Waals surface area contributed by atoms with Gasteiger partial charge in [-0.15, -0.1) is 0 Å². The minimum absolute atomic E-state index is 0.0920. The Morgan fingerprint density at radius 3 is 2.59 bits per heavy atom. The Morgan fingerprint density at radius 1 is 1.23 bits per heavy atom. The number of anilines is 2. The molecular weight excluding hydrogens is 280 g/mol. The lowest BCUT2D eigenvalue weighted by molar-refractivity contribution is -0.115. The van der Waals surface area contributed by atoms with Crippen molar-refractivity contribution in [2.75, 3.05) is 23.3 Å². The number of aromatic nitrogens is 2. The van der Waals surface area contributed by atoms with E-state index in [2.05, 4.69) is 32.5 Å². The van der Waals surface area contributed by atoms with Crippen LogP contribution in [-0.4, -0.2) is 29.1 Å². The highest BCUT2D eigenvalue weighted by atomic mass is 16.5. The van der Waals surface area contributed by atoms with Gasteiger partial charge < -0.3 is 14.7 Å². The number of nitrogens with zero attached hydrogens (tertiary/aromatic N) is 3. The van der Waals surface area contributed by atoms with E-state index < -0.39 is 0 Å². The van der Waals surface area contributed by atoms with Crippen LogP contribution in [0.15, 0.2) is 28.8 Å². The highest BCUT2D eigenvalue weighted by Gasteiger charge is 2.12. The van der Waals surface area contributed by atoms with E-state index in [9.17, 15) is 4.79 Å². The first-order valence-electron chi connectivity index (χ1n) is 7.65. The summed E-state index contributed by atoms with van der Waals surface area (Å²) in [6.07, 6.45) is 3.92. The zero-order valence-corrected chi connectivity index (χ0v) is 12.7. The number of piperidine rings is 1. The number of carbonyl (C=O) groups is 1. The minimum Gasteiger partial charge on any atom is -0.372 e. The molecule has 0 spiro atoms. The molecule has 1 aliphatic heterocycles. The zero-order chi connectivity index (χ0) is 15.4. The number of aryl methyl sites for hydroxylation is 1. The van der Waals surface area contributed by atoms with Gasteiger partial charge in [0.05, 0.1) is 0 Å². The van der Waals surface area contributed by atoms with Gasteiger partial charge in [0.1, 0.15) is 6.42 Å². The quantitative estimate of drug-likeness (QED) is 0.939. The average Bonchev–Trinajstić information content (AvgIpc) is 2.94. The number of carbonyl (C=O) groups excluding carboxylic acids is 1. The number of benzene rings is 1. The number of hydrogen-bond acceptors (Lipinski definition) is 5. The maximum absolute atomic E-state index is 11.9. The summed E-state index contributed by atoms with van der Waals surface area (Å²) in [6.45, 7) is 3.95. The molecule has 0 aliphatic carbocycles. The van der Waals surface area contributed by atoms with E-state index in [-0.39, 0.29) is 12.3 Å². The summed E-state index contributed by atoms with van der Waals surface area (Å²) in [5, 5.41) is 6.51. The number of nitrogens with one attached hydrogen (secondary N) is 1. The molecule has 1 aromatic carbocycles. The van der Waals surface area contributed by atoms with Gasteiger partial charge in [-0.25, -0.2) is 0 Å². The van der Waals surface area contributed by atoms with E-state index in [1.54, 1.807) is 6.92 Å². The molecule has 0 saturated carbocycles. The molecule has 3 rings (SSSR count). The van der Waals surface area contributed by atoms with Crippen molar-refractivity contribution in [2.45, 2.75) is 32.6 Å². The van der Waals surface area contributed by atoms with Gasteiger partial charge in [0.25, 0.3) is 0 Å². The molecule has 0 bridgehead atoms. The molecule has 1 fully saturated rings. The van der Waals surface area contributed by atoms with Crippen molar-refractivity contribution in [1.82, 2.24) is 10.1 Å². The zero-order valence-electron chi connectivity index (χ0n) is 12.7. The van der Waals surface area contributed by atoms with Crippen molar-refractivity contribution in [1.29, 1.82) is 0 Å². The second-order valence-corrected chi connectivity index (χ2v) is 5.55. The van der Waals surface area contributed by atoms with Crippen LogP contribution in [0.2, 0.25) is 0 Å². The Labute approximate surface area is 129 Å². The summed E-state index contributed by atoms with van der Waals surface area (Å²) in [7, 11) is 0. The maximum atomic E-state index is 11.9. The Balaban J connectivity index is 1.57. The van der Waals surface area contributed by atoms with Crippen molar-refractivity contribution in [3.8, 4) is 0 Å². The summed E-state index contributed by atoms with van der Waals surface area (Å²) >= 11 is 0. The van der Waals surface area contributed by atoms with Crippen LogP contribution < -0.4 is 10.2 Å². The molecule has 2 aromatic rings. The lowest BCUT2D eigenvalue weighted by Gasteiger charge is -2.28. The fraction of sp³-hybridized carbons (Fsp3) is 0.438. The average molecular weight is 300 g/mol. The van der Waals surface area contributed by atoms with E-state index in [0.717, 1.165) is 18.8 Å². The van der Waals surface area contributed by atoms with Crippen molar-refractivity contribution < 1.29 is 9.32 Å². The molecule has 0 atom stereocenters. The van der Waals surface area contributed by atoms with E-state index in [4.69, 9.17) is 4.52 Å². The summed E-state index contributed by atoms with van der Waals surface area (Å²) in [6, 6.07) is 7.97.